The zero-order valence-corrected chi connectivity index (χ0v) is 10.3. The quantitative estimate of drug-likeness (QED) is 0.891. The minimum atomic E-state index is -3.00. The average molecular weight is 284 g/mol. The molecule has 0 aromatic carbocycles. The molecule has 0 fully saturated rings. The maximum atomic E-state index is 13.0. The maximum Gasteiger partial charge on any atom is 0.358 e. The van der Waals surface area contributed by atoms with E-state index in [0.29, 0.717) is 5.56 Å². The van der Waals surface area contributed by atoms with Crippen LogP contribution in [0.5, 0.6) is 5.88 Å². The smallest absolute Gasteiger partial charge is 0.358 e. The van der Waals surface area contributed by atoms with E-state index in [-0.39, 0.29) is 12.4 Å². The molecular weight excluding hydrogens is 274 g/mol. The lowest BCUT2D eigenvalue weighted by Crippen LogP contribution is -2.11. The first kappa shape index (κ1) is 13.8. The zero-order chi connectivity index (χ0) is 14.7. The van der Waals surface area contributed by atoms with Crippen molar-refractivity contribution in [2.24, 2.45) is 0 Å². The van der Waals surface area contributed by atoms with E-state index in [1.54, 1.807) is 12.1 Å². The van der Waals surface area contributed by atoms with Crippen molar-refractivity contribution in [1.82, 2.24) is 20.0 Å². The number of carbonyl (C=O) groups is 1. The number of pyridine rings is 1. The number of methoxy groups -OCH3 is 1. The zero-order valence-electron chi connectivity index (χ0n) is 10.3. The molecule has 0 bridgehead atoms. The van der Waals surface area contributed by atoms with Gasteiger partial charge in [-0.1, -0.05) is 11.3 Å². The van der Waals surface area contributed by atoms with Gasteiger partial charge in [0.25, 0.3) is 6.43 Å². The topological polar surface area (TPSA) is 90.1 Å². The molecule has 0 atom stereocenters. The van der Waals surface area contributed by atoms with E-state index in [0.717, 1.165) is 4.68 Å². The second kappa shape index (κ2) is 5.59. The highest BCUT2D eigenvalue weighted by Crippen LogP contribution is 2.23. The normalized spacial score (nSPS) is 10.8. The Morgan fingerprint density at radius 1 is 1.55 bits per heavy atom. The summed E-state index contributed by atoms with van der Waals surface area (Å²) in [5.41, 5.74) is -1.02. The predicted octanol–water partition coefficient (Wildman–Crippen LogP) is 1.37. The van der Waals surface area contributed by atoms with Gasteiger partial charge in [0.15, 0.2) is 5.69 Å². The number of aromatic carboxylic acids is 1. The summed E-state index contributed by atoms with van der Waals surface area (Å²) in [5.74, 6) is -1.30. The Kier molecular flexibility index (Phi) is 3.87. The second-order valence-corrected chi connectivity index (χ2v) is 3.76. The number of aromatic nitrogens is 4. The molecule has 0 saturated carbocycles. The predicted molar refractivity (Wildman–Crippen MR) is 61.8 cm³/mol. The molecule has 0 aliphatic rings. The lowest BCUT2D eigenvalue weighted by atomic mass is 10.2. The summed E-state index contributed by atoms with van der Waals surface area (Å²) in [6.45, 7) is -0.114. The second-order valence-electron chi connectivity index (χ2n) is 3.76. The number of carboxylic acids is 1. The summed E-state index contributed by atoms with van der Waals surface area (Å²) in [6, 6.07) is 3.22. The number of rotatable bonds is 5. The van der Waals surface area contributed by atoms with Gasteiger partial charge in [-0.05, 0) is 6.07 Å². The number of nitrogens with zero attached hydrogens (tertiary/aromatic N) is 4. The fourth-order valence-electron chi connectivity index (χ4n) is 1.70. The van der Waals surface area contributed by atoms with Crippen LogP contribution in [0.2, 0.25) is 0 Å². The van der Waals surface area contributed by atoms with Crippen LogP contribution in [-0.4, -0.2) is 38.2 Å². The Balaban J connectivity index is 2.41. The van der Waals surface area contributed by atoms with E-state index < -0.39 is 23.8 Å². The van der Waals surface area contributed by atoms with E-state index >= 15 is 0 Å². The summed E-state index contributed by atoms with van der Waals surface area (Å²) in [5, 5.41) is 15.5. The van der Waals surface area contributed by atoms with Gasteiger partial charge in [-0.15, -0.1) is 5.10 Å². The largest absolute Gasteiger partial charge is 0.481 e. The van der Waals surface area contributed by atoms with E-state index in [2.05, 4.69) is 15.3 Å². The molecule has 0 amide bonds. The van der Waals surface area contributed by atoms with Gasteiger partial charge in [0.05, 0.1) is 13.7 Å². The third kappa shape index (κ3) is 2.56. The Morgan fingerprint density at radius 3 is 2.90 bits per heavy atom. The van der Waals surface area contributed by atoms with Crippen LogP contribution in [0, 0.1) is 0 Å². The van der Waals surface area contributed by atoms with Gasteiger partial charge in [0, 0.05) is 11.8 Å². The highest BCUT2D eigenvalue weighted by molar-refractivity contribution is 5.86. The van der Waals surface area contributed by atoms with Crippen molar-refractivity contribution < 1.29 is 23.4 Å². The number of hydrogen-bond acceptors (Lipinski definition) is 5. The van der Waals surface area contributed by atoms with Crippen LogP contribution < -0.4 is 4.74 Å². The standard InChI is InChI=1S/C11H10F2N4O3/c1-20-10-6(3-2-4-14-10)5-17-8(9(12)13)7(11(18)19)15-16-17/h2-4,9H,5H2,1H3,(H,18,19). The number of halogens is 2. The van der Waals surface area contributed by atoms with Crippen LogP contribution in [0.1, 0.15) is 28.2 Å². The molecular formula is C11H10F2N4O3. The average Bonchev–Trinajstić information content (AvgIpc) is 2.83. The van der Waals surface area contributed by atoms with E-state index in [1.165, 1.54) is 13.3 Å². The maximum absolute atomic E-state index is 13.0. The Morgan fingerprint density at radius 2 is 2.30 bits per heavy atom. The van der Waals surface area contributed by atoms with Crippen LogP contribution in [0.25, 0.3) is 0 Å². The molecule has 0 aliphatic carbocycles. The van der Waals surface area contributed by atoms with E-state index in [4.69, 9.17) is 9.84 Å². The monoisotopic (exact) mass is 284 g/mol. The molecule has 20 heavy (non-hydrogen) atoms. The Bertz CT molecular complexity index is 630. The van der Waals surface area contributed by atoms with Gasteiger partial charge >= 0.3 is 5.97 Å². The number of hydrogen-bond donors (Lipinski definition) is 1. The summed E-state index contributed by atoms with van der Waals surface area (Å²) in [4.78, 5) is 14.8. The van der Waals surface area contributed by atoms with Crippen molar-refractivity contribution >= 4 is 5.97 Å². The fourth-order valence-corrected chi connectivity index (χ4v) is 1.70. The van der Waals surface area contributed by atoms with Gasteiger partial charge < -0.3 is 9.84 Å². The molecule has 0 spiro atoms. The molecule has 2 aromatic heterocycles. The van der Waals surface area contributed by atoms with Crippen LogP contribution in [0.4, 0.5) is 8.78 Å². The Hall–Kier alpha value is -2.58. The van der Waals surface area contributed by atoms with Crippen LogP contribution in [-0.2, 0) is 6.54 Å². The molecule has 1 N–H and O–H groups in total. The number of alkyl halides is 2. The molecule has 106 valence electrons. The highest BCUT2D eigenvalue weighted by atomic mass is 19.3. The van der Waals surface area contributed by atoms with Crippen LogP contribution in [0.15, 0.2) is 18.3 Å². The highest BCUT2D eigenvalue weighted by Gasteiger charge is 2.26. The summed E-state index contributed by atoms with van der Waals surface area (Å²) in [6.07, 6.45) is -1.51. The van der Waals surface area contributed by atoms with Gasteiger partial charge in [0.2, 0.25) is 5.88 Å². The fraction of sp³-hybridized carbons (Fsp3) is 0.273. The summed E-state index contributed by atoms with van der Waals surface area (Å²) in [7, 11) is 1.39. The molecule has 0 radical (unpaired) electrons. The van der Waals surface area contributed by atoms with Gasteiger partial charge in [0.1, 0.15) is 5.69 Å². The third-order valence-electron chi connectivity index (χ3n) is 2.55. The van der Waals surface area contributed by atoms with Gasteiger partial charge in [-0.3, -0.25) is 0 Å². The van der Waals surface area contributed by atoms with Crippen molar-refractivity contribution in [2.45, 2.75) is 13.0 Å². The Labute approximate surface area is 111 Å². The molecule has 0 unspecified atom stereocenters. The molecule has 0 aliphatic heterocycles. The van der Waals surface area contributed by atoms with Crippen molar-refractivity contribution in [3.63, 3.8) is 0 Å². The van der Waals surface area contributed by atoms with Crippen molar-refractivity contribution in [3.8, 4) is 5.88 Å². The lowest BCUT2D eigenvalue weighted by molar-refractivity contribution is 0.0675. The molecule has 2 heterocycles. The number of ether oxygens (including phenoxy) is 1. The minimum absolute atomic E-state index is 0.114. The number of carboxylic acid groups (broad SMARTS) is 1. The van der Waals surface area contributed by atoms with E-state index in [9.17, 15) is 13.6 Å². The minimum Gasteiger partial charge on any atom is -0.481 e. The van der Waals surface area contributed by atoms with Crippen molar-refractivity contribution in [1.29, 1.82) is 0 Å². The molecule has 7 nitrogen and oxygen atoms in total. The van der Waals surface area contributed by atoms with Crippen molar-refractivity contribution in [2.75, 3.05) is 7.11 Å². The van der Waals surface area contributed by atoms with Crippen LogP contribution in [0.3, 0.4) is 0 Å². The molecule has 2 aromatic rings. The molecule has 0 saturated heterocycles. The first-order valence-electron chi connectivity index (χ1n) is 5.47. The summed E-state index contributed by atoms with van der Waals surface area (Å²) < 4.78 is 31.7. The van der Waals surface area contributed by atoms with Crippen molar-refractivity contribution in [3.05, 3.63) is 35.3 Å². The molecule has 9 heteroatoms. The lowest BCUT2D eigenvalue weighted by Gasteiger charge is -2.09. The van der Waals surface area contributed by atoms with Gasteiger partial charge in [-0.25, -0.2) is 23.2 Å². The van der Waals surface area contributed by atoms with Gasteiger partial charge in [-0.2, -0.15) is 0 Å². The summed E-state index contributed by atoms with van der Waals surface area (Å²) >= 11 is 0. The SMILES string of the molecule is COc1ncccc1Cn1nnc(C(=O)O)c1C(F)F. The molecule has 2 rings (SSSR count). The van der Waals surface area contributed by atoms with Crippen LogP contribution >= 0.6 is 0 Å². The first-order chi connectivity index (χ1) is 9.54. The first-order valence-corrected chi connectivity index (χ1v) is 5.47. The third-order valence-corrected chi connectivity index (χ3v) is 2.55. The van der Waals surface area contributed by atoms with E-state index in [1.807, 2.05) is 0 Å².